The van der Waals surface area contributed by atoms with E-state index in [0.717, 1.165) is 24.6 Å². The molecule has 2 aliphatic heterocycles. The Kier molecular flexibility index (Phi) is 4.14. The molecule has 0 bridgehead atoms. The van der Waals surface area contributed by atoms with Crippen LogP contribution < -0.4 is 4.72 Å². The molecule has 1 fully saturated rings. The van der Waals surface area contributed by atoms with Crippen LogP contribution in [0.3, 0.4) is 0 Å². The van der Waals surface area contributed by atoms with Crippen LogP contribution in [-0.4, -0.2) is 55.7 Å². The number of fused-ring (bicyclic) bond motifs is 1. The Hall–Kier alpha value is -1.54. The van der Waals surface area contributed by atoms with Gasteiger partial charge in [-0.2, -0.15) is 11.8 Å². The molecule has 0 aromatic heterocycles. The van der Waals surface area contributed by atoms with Gasteiger partial charge in [0.15, 0.2) is 0 Å². The third-order valence-electron chi connectivity index (χ3n) is 3.67. The molecule has 1 N–H and O–H groups in total. The van der Waals surface area contributed by atoms with Crippen LogP contribution in [0, 0.1) is 0 Å². The highest BCUT2D eigenvalue weighted by molar-refractivity contribution is 7.99. The van der Waals surface area contributed by atoms with Gasteiger partial charge < -0.3 is 4.90 Å². The quantitative estimate of drug-likeness (QED) is 0.860. The molecule has 1 atom stereocenters. The molecular weight excluding hydrogens is 322 g/mol. The number of carbonyl (C=O) groups excluding carboxylic acids is 1. The van der Waals surface area contributed by atoms with Gasteiger partial charge in [0, 0.05) is 30.2 Å². The van der Waals surface area contributed by atoms with Crippen molar-refractivity contribution in [3.8, 4) is 0 Å². The largest absolute Gasteiger partial charge is 0.339 e. The molecule has 6 nitrogen and oxygen atoms in total. The summed E-state index contributed by atoms with van der Waals surface area (Å²) < 4.78 is 26.5. The predicted molar refractivity (Wildman–Crippen MR) is 86.7 cm³/mol. The lowest BCUT2D eigenvalue weighted by atomic mass is 10.2. The fourth-order valence-electron chi connectivity index (χ4n) is 2.53. The van der Waals surface area contributed by atoms with Crippen molar-refractivity contribution in [2.45, 2.75) is 17.9 Å². The summed E-state index contributed by atoms with van der Waals surface area (Å²) in [4.78, 5) is 18.7. The third-order valence-corrected chi connectivity index (χ3v) is 6.01. The fourth-order valence-corrected chi connectivity index (χ4v) is 4.67. The summed E-state index contributed by atoms with van der Waals surface area (Å²) in [6, 6.07) is 6.05. The van der Waals surface area contributed by atoms with E-state index in [9.17, 15) is 13.2 Å². The molecule has 1 unspecified atom stereocenters. The molecule has 0 radical (unpaired) electrons. The van der Waals surface area contributed by atoms with E-state index < -0.39 is 16.1 Å². The van der Waals surface area contributed by atoms with Crippen LogP contribution >= 0.6 is 11.8 Å². The second-order valence-corrected chi connectivity index (χ2v) is 8.07. The summed E-state index contributed by atoms with van der Waals surface area (Å²) in [6.07, 6.45) is 0. The summed E-state index contributed by atoms with van der Waals surface area (Å²) >= 11 is 1.83. The topological polar surface area (TPSA) is 78.8 Å². The van der Waals surface area contributed by atoms with E-state index in [1.807, 2.05) is 11.8 Å². The van der Waals surface area contributed by atoms with Gasteiger partial charge in [-0.05, 0) is 19.1 Å². The molecule has 8 heteroatoms. The zero-order valence-electron chi connectivity index (χ0n) is 12.2. The second kappa shape index (κ2) is 5.92. The maximum atomic E-state index is 12.4. The van der Waals surface area contributed by atoms with Crippen LogP contribution in [0.25, 0.3) is 0 Å². The van der Waals surface area contributed by atoms with Gasteiger partial charge in [0.2, 0.25) is 5.91 Å². The zero-order chi connectivity index (χ0) is 15.7. The Bertz CT molecular complexity index is 725. The van der Waals surface area contributed by atoms with Gasteiger partial charge >= 0.3 is 0 Å². The van der Waals surface area contributed by atoms with Gasteiger partial charge in [-0.1, -0.05) is 12.1 Å². The average molecular weight is 339 g/mol. The highest BCUT2D eigenvalue weighted by atomic mass is 32.2. The van der Waals surface area contributed by atoms with Gasteiger partial charge in [-0.25, -0.2) is 8.42 Å². The standard InChI is InChI=1S/C14H17N3O3S2/c1-10(14(18)17-6-8-21-9-7-17)15-13-11-4-2-3-5-12(11)22(19,20)16-13/h2-5,10H,6-9H2,1H3,(H,15,16). The Morgan fingerprint density at radius 1 is 1.32 bits per heavy atom. The molecule has 1 aromatic rings. The van der Waals surface area contributed by atoms with Gasteiger partial charge in [0.1, 0.15) is 11.9 Å². The Morgan fingerprint density at radius 3 is 2.73 bits per heavy atom. The van der Waals surface area contributed by atoms with Gasteiger partial charge in [-0.15, -0.1) is 0 Å². The van der Waals surface area contributed by atoms with E-state index in [2.05, 4.69) is 9.71 Å². The molecule has 22 heavy (non-hydrogen) atoms. The van der Waals surface area contributed by atoms with Crippen LogP contribution in [0.15, 0.2) is 34.2 Å². The summed E-state index contributed by atoms with van der Waals surface area (Å²) in [5.74, 6) is 2.06. The molecule has 2 aliphatic rings. The maximum Gasteiger partial charge on any atom is 0.263 e. The first kappa shape index (κ1) is 15.4. The van der Waals surface area contributed by atoms with Crippen molar-refractivity contribution in [1.29, 1.82) is 0 Å². The number of nitrogens with one attached hydrogen (secondary N) is 1. The number of hydrogen-bond donors (Lipinski definition) is 1. The molecule has 1 aromatic carbocycles. The molecule has 1 amide bonds. The minimum Gasteiger partial charge on any atom is -0.339 e. The fraction of sp³-hybridized carbons (Fsp3) is 0.429. The SMILES string of the molecule is CC(N=C1NS(=O)(=O)c2ccccc21)C(=O)N1CCSCC1. The second-order valence-electron chi connectivity index (χ2n) is 5.19. The summed E-state index contributed by atoms with van der Waals surface area (Å²) in [6.45, 7) is 3.15. The van der Waals surface area contributed by atoms with Crippen molar-refractivity contribution in [2.24, 2.45) is 4.99 Å². The van der Waals surface area contributed by atoms with E-state index in [0.29, 0.717) is 5.56 Å². The van der Waals surface area contributed by atoms with Crippen LogP contribution in [0.4, 0.5) is 0 Å². The number of amidine groups is 1. The average Bonchev–Trinajstić information content (AvgIpc) is 2.79. The lowest BCUT2D eigenvalue weighted by Gasteiger charge is -2.27. The van der Waals surface area contributed by atoms with E-state index in [1.165, 1.54) is 6.07 Å². The van der Waals surface area contributed by atoms with E-state index in [-0.39, 0.29) is 16.6 Å². The van der Waals surface area contributed by atoms with Crippen molar-refractivity contribution >= 4 is 33.5 Å². The monoisotopic (exact) mass is 339 g/mol. The smallest absolute Gasteiger partial charge is 0.263 e. The highest BCUT2D eigenvalue weighted by Gasteiger charge is 2.31. The zero-order valence-corrected chi connectivity index (χ0v) is 13.8. The van der Waals surface area contributed by atoms with Gasteiger partial charge in [0.05, 0.1) is 4.90 Å². The van der Waals surface area contributed by atoms with Crippen LogP contribution in [-0.2, 0) is 14.8 Å². The maximum absolute atomic E-state index is 12.4. The first-order chi connectivity index (χ1) is 10.5. The van der Waals surface area contributed by atoms with E-state index in [1.54, 1.807) is 30.0 Å². The van der Waals surface area contributed by atoms with Gasteiger partial charge in [0.25, 0.3) is 10.0 Å². The first-order valence-corrected chi connectivity index (χ1v) is 9.69. The lowest BCUT2D eigenvalue weighted by Crippen LogP contribution is -2.42. The first-order valence-electron chi connectivity index (χ1n) is 7.05. The normalized spacial score (nSPS) is 23.0. The molecule has 118 valence electrons. The highest BCUT2D eigenvalue weighted by Crippen LogP contribution is 2.22. The molecule has 1 saturated heterocycles. The van der Waals surface area contributed by atoms with Crippen molar-refractivity contribution < 1.29 is 13.2 Å². The number of nitrogens with zero attached hydrogens (tertiary/aromatic N) is 2. The lowest BCUT2D eigenvalue weighted by molar-refractivity contribution is -0.131. The van der Waals surface area contributed by atoms with E-state index in [4.69, 9.17) is 0 Å². The number of amides is 1. The van der Waals surface area contributed by atoms with Crippen molar-refractivity contribution in [3.63, 3.8) is 0 Å². The molecule has 0 spiro atoms. The Morgan fingerprint density at radius 2 is 2.00 bits per heavy atom. The number of hydrogen-bond acceptors (Lipinski definition) is 5. The van der Waals surface area contributed by atoms with E-state index >= 15 is 0 Å². The summed E-state index contributed by atoms with van der Waals surface area (Å²) in [7, 11) is -3.56. The number of carbonyl (C=O) groups is 1. The summed E-state index contributed by atoms with van der Waals surface area (Å²) in [5.41, 5.74) is 0.524. The number of benzene rings is 1. The Labute approximate surface area is 134 Å². The van der Waals surface area contributed by atoms with Crippen LogP contribution in [0.2, 0.25) is 0 Å². The van der Waals surface area contributed by atoms with Crippen LogP contribution in [0.5, 0.6) is 0 Å². The molecule has 0 aliphatic carbocycles. The predicted octanol–water partition coefficient (Wildman–Crippen LogP) is 0.689. The Balaban J connectivity index is 1.85. The third kappa shape index (κ3) is 2.85. The molecule has 0 saturated carbocycles. The number of rotatable bonds is 2. The van der Waals surface area contributed by atoms with Crippen molar-refractivity contribution in [1.82, 2.24) is 9.62 Å². The molecule has 2 heterocycles. The number of thioether (sulfide) groups is 1. The number of aliphatic imine (C=N–C) groups is 1. The molecular formula is C14H17N3O3S2. The molecule has 3 rings (SSSR count). The van der Waals surface area contributed by atoms with Crippen molar-refractivity contribution in [2.75, 3.05) is 24.6 Å². The minimum atomic E-state index is -3.56. The minimum absolute atomic E-state index is 0.0589. The summed E-state index contributed by atoms with van der Waals surface area (Å²) in [5, 5.41) is 0. The van der Waals surface area contributed by atoms with Crippen LogP contribution in [0.1, 0.15) is 12.5 Å². The van der Waals surface area contributed by atoms with Gasteiger partial charge in [-0.3, -0.25) is 14.5 Å². The number of sulfonamides is 1. The van der Waals surface area contributed by atoms with Crippen molar-refractivity contribution in [3.05, 3.63) is 29.8 Å².